The summed E-state index contributed by atoms with van der Waals surface area (Å²) in [5.41, 5.74) is 6.70. The summed E-state index contributed by atoms with van der Waals surface area (Å²) in [4.78, 5) is 14.5. The topological polar surface area (TPSA) is 97.6 Å². The molecular formula is C40H53N3O4. The highest BCUT2D eigenvalue weighted by Crippen LogP contribution is 2.34. The molecule has 1 unspecified atom stereocenters. The van der Waals surface area contributed by atoms with Crippen molar-refractivity contribution in [1.29, 1.82) is 0 Å². The SMILES string of the molecule is CCCCCCCCCCCCOCCC(O)Oc1ccc(-c2nc(-c3ccc(C)cc3C)nc(-c3ccc(C)cc3C)n2)c(O)c1. The van der Waals surface area contributed by atoms with Crippen molar-refractivity contribution < 1.29 is 19.7 Å². The second kappa shape index (κ2) is 18.5. The lowest BCUT2D eigenvalue weighted by Crippen LogP contribution is -2.18. The number of aromatic hydroxyl groups is 1. The number of aryl methyl sites for hydroxylation is 4. The van der Waals surface area contributed by atoms with Crippen LogP contribution >= 0.6 is 0 Å². The van der Waals surface area contributed by atoms with Gasteiger partial charge in [0.05, 0.1) is 12.2 Å². The predicted molar refractivity (Wildman–Crippen MR) is 191 cm³/mol. The zero-order valence-corrected chi connectivity index (χ0v) is 29.0. The Bertz CT molecular complexity index is 1500. The Labute approximate surface area is 281 Å². The van der Waals surface area contributed by atoms with Crippen molar-refractivity contribution in [2.75, 3.05) is 13.2 Å². The molecule has 7 heteroatoms. The minimum absolute atomic E-state index is 0.0451. The minimum atomic E-state index is -1.04. The van der Waals surface area contributed by atoms with E-state index in [0.29, 0.717) is 48.4 Å². The third-order valence-electron chi connectivity index (χ3n) is 8.51. The molecule has 4 aromatic rings. The first-order valence-electron chi connectivity index (χ1n) is 17.4. The Morgan fingerprint density at radius 3 is 1.60 bits per heavy atom. The number of benzene rings is 3. The molecule has 1 aromatic heterocycles. The van der Waals surface area contributed by atoms with Crippen molar-refractivity contribution in [2.45, 2.75) is 112 Å². The van der Waals surface area contributed by atoms with E-state index in [1.807, 2.05) is 38.1 Å². The molecule has 0 saturated carbocycles. The van der Waals surface area contributed by atoms with Gasteiger partial charge in [-0.05, 0) is 57.4 Å². The quantitative estimate of drug-likeness (QED) is 0.0778. The third kappa shape index (κ3) is 11.1. The van der Waals surface area contributed by atoms with Gasteiger partial charge >= 0.3 is 0 Å². The summed E-state index contributed by atoms with van der Waals surface area (Å²) < 4.78 is 11.4. The predicted octanol–water partition coefficient (Wildman–Crippen LogP) is 9.84. The fourth-order valence-corrected chi connectivity index (χ4v) is 5.83. The van der Waals surface area contributed by atoms with E-state index in [2.05, 4.69) is 32.9 Å². The van der Waals surface area contributed by atoms with Gasteiger partial charge in [-0.1, -0.05) is 112 Å². The molecule has 252 valence electrons. The molecule has 0 bridgehead atoms. The number of hydrogen-bond donors (Lipinski definition) is 2. The average molecular weight is 640 g/mol. The van der Waals surface area contributed by atoms with E-state index in [1.54, 1.807) is 12.1 Å². The van der Waals surface area contributed by atoms with Gasteiger partial charge in [-0.25, -0.2) is 15.0 Å². The summed E-state index contributed by atoms with van der Waals surface area (Å²) in [6, 6.07) is 17.2. The first kappa shape index (κ1) is 36.0. The molecular weight excluding hydrogens is 586 g/mol. The fourth-order valence-electron chi connectivity index (χ4n) is 5.83. The molecule has 2 N–H and O–H groups in total. The number of aliphatic hydroxyl groups excluding tert-OH is 1. The lowest BCUT2D eigenvalue weighted by Gasteiger charge is -2.15. The van der Waals surface area contributed by atoms with Crippen LogP contribution in [-0.4, -0.2) is 44.7 Å². The molecule has 0 saturated heterocycles. The Morgan fingerprint density at radius 1 is 0.596 bits per heavy atom. The number of rotatable bonds is 19. The van der Waals surface area contributed by atoms with Crippen LogP contribution in [0.3, 0.4) is 0 Å². The second-order valence-corrected chi connectivity index (χ2v) is 12.8. The van der Waals surface area contributed by atoms with E-state index >= 15 is 0 Å². The standard InChI is InChI=1S/C40H53N3O4/c1-6-7-8-9-10-11-12-13-14-15-23-46-24-22-37(45)47-32-18-21-35(36(44)27-32)40-42-38(33-19-16-28(2)25-30(33)4)41-39(43-40)34-20-17-29(3)26-31(34)5/h16-21,25-27,37,44-45H,6-15,22-24H2,1-5H3. The van der Waals surface area contributed by atoms with E-state index in [9.17, 15) is 10.2 Å². The van der Waals surface area contributed by atoms with Crippen LogP contribution in [0.2, 0.25) is 0 Å². The van der Waals surface area contributed by atoms with Crippen molar-refractivity contribution in [2.24, 2.45) is 0 Å². The minimum Gasteiger partial charge on any atom is -0.507 e. The van der Waals surface area contributed by atoms with Crippen molar-refractivity contribution in [1.82, 2.24) is 15.0 Å². The maximum Gasteiger partial charge on any atom is 0.199 e. The summed E-state index contributed by atoms with van der Waals surface area (Å²) in [5.74, 6) is 1.74. The molecule has 3 aromatic carbocycles. The number of phenols is 1. The van der Waals surface area contributed by atoms with E-state index in [0.717, 1.165) is 39.8 Å². The Morgan fingerprint density at radius 2 is 1.09 bits per heavy atom. The highest BCUT2D eigenvalue weighted by Gasteiger charge is 2.18. The monoisotopic (exact) mass is 639 g/mol. The normalized spacial score (nSPS) is 12.0. The first-order valence-corrected chi connectivity index (χ1v) is 17.4. The van der Waals surface area contributed by atoms with Crippen molar-refractivity contribution in [3.63, 3.8) is 0 Å². The van der Waals surface area contributed by atoms with Crippen LogP contribution in [-0.2, 0) is 4.74 Å². The van der Waals surface area contributed by atoms with Gasteiger partial charge in [0.2, 0.25) is 0 Å². The molecule has 0 aliphatic carbocycles. The van der Waals surface area contributed by atoms with Crippen LogP contribution in [0, 0.1) is 27.7 Å². The summed E-state index contributed by atoms with van der Waals surface area (Å²) in [6.45, 7) is 11.6. The molecule has 0 aliphatic rings. The Kier molecular flexibility index (Phi) is 14.2. The van der Waals surface area contributed by atoms with Crippen LogP contribution in [0.1, 0.15) is 99.8 Å². The van der Waals surface area contributed by atoms with E-state index in [4.69, 9.17) is 24.4 Å². The second-order valence-electron chi connectivity index (χ2n) is 12.8. The highest BCUT2D eigenvalue weighted by atomic mass is 16.6. The van der Waals surface area contributed by atoms with Crippen LogP contribution in [0.25, 0.3) is 34.2 Å². The molecule has 0 radical (unpaired) electrons. The third-order valence-corrected chi connectivity index (χ3v) is 8.51. The summed E-state index contributed by atoms with van der Waals surface area (Å²) in [7, 11) is 0. The maximum absolute atomic E-state index is 11.1. The highest BCUT2D eigenvalue weighted by molar-refractivity contribution is 5.72. The van der Waals surface area contributed by atoms with Crippen molar-refractivity contribution in [3.05, 3.63) is 76.9 Å². The number of ether oxygens (including phenoxy) is 2. The molecule has 0 aliphatic heterocycles. The average Bonchev–Trinajstić information content (AvgIpc) is 3.03. The van der Waals surface area contributed by atoms with Crippen LogP contribution in [0.4, 0.5) is 0 Å². The van der Waals surface area contributed by atoms with Crippen LogP contribution in [0.15, 0.2) is 54.6 Å². The van der Waals surface area contributed by atoms with Crippen molar-refractivity contribution >= 4 is 0 Å². The van der Waals surface area contributed by atoms with Gasteiger partial charge in [-0.3, -0.25) is 0 Å². The van der Waals surface area contributed by atoms with Gasteiger partial charge in [-0.2, -0.15) is 0 Å². The first-order chi connectivity index (χ1) is 22.7. The lowest BCUT2D eigenvalue weighted by molar-refractivity contribution is -0.0416. The van der Waals surface area contributed by atoms with Crippen LogP contribution in [0.5, 0.6) is 11.5 Å². The van der Waals surface area contributed by atoms with Gasteiger partial charge in [0.1, 0.15) is 11.5 Å². The summed E-state index contributed by atoms with van der Waals surface area (Å²) in [5, 5.41) is 21.5. The molecule has 47 heavy (non-hydrogen) atoms. The number of hydrogen-bond acceptors (Lipinski definition) is 7. The van der Waals surface area contributed by atoms with Gasteiger partial charge < -0.3 is 19.7 Å². The van der Waals surface area contributed by atoms with Crippen LogP contribution < -0.4 is 4.74 Å². The fraction of sp³-hybridized carbons (Fsp3) is 0.475. The summed E-state index contributed by atoms with van der Waals surface area (Å²) in [6.07, 6.45) is 12.2. The zero-order chi connectivity index (χ0) is 33.6. The van der Waals surface area contributed by atoms with Gasteiger partial charge in [0.25, 0.3) is 0 Å². The van der Waals surface area contributed by atoms with Gasteiger partial charge in [0.15, 0.2) is 23.8 Å². The van der Waals surface area contributed by atoms with Crippen molar-refractivity contribution in [3.8, 4) is 45.7 Å². The molecule has 0 fully saturated rings. The number of aliphatic hydroxyl groups is 1. The number of unbranched alkanes of at least 4 members (excludes halogenated alkanes) is 9. The number of aromatic nitrogens is 3. The zero-order valence-electron chi connectivity index (χ0n) is 29.0. The molecule has 1 heterocycles. The Hall–Kier alpha value is -3.81. The molecule has 0 spiro atoms. The number of phenolic OH excluding ortho intramolecular Hbond substituents is 1. The smallest absolute Gasteiger partial charge is 0.199 e. The van der Waals surface area contributed by atoms with E-state index in [-0.39, 0.29) is 5.75 Å². The molecule has 4 rings (SSSR count). The molecule has 7 nitrogen and oxygen atoms in total. The largest absolute Gasteiger partial charge is 0.507 e. The van der Waals surface area contributed by atoms with Gasteiger partial charge in [-0.15, -0.1) is 0 Å². The van der Waals surface area contributed by atoms with E-state index in [1.165, 1.54) is 63.9 Å². The summed E-state index contributed by atoms with van der Waals surface area (Å²) >= 11 is 0. The van der Waals surface area contributed by atoms with E-state index < -0.39 is 6.29 Å². The molecule has 0 amide bonds. The van der Waals surface area contributed by atoms with Gasteiger partial charge in [0, 0.05) is 30.2 Å². The lowest BCUT2D eigenvalue weighted by atomic mass is 10.0. The molecule has 1 atom stereocenters. The number of nitrogens with zero attached hydrogens (tertiary/aromatic N) is 3. The maximum atomic E-state index is 11.1. The Balaban J connectivity index is 1.35.